The molecule has 15 atom stereocenters. The summed E-state index contributed by atoms with van der Waals surface area (Å²) in [5.74, 6) is -4.43. The van der Waals surface area contributed by atoms with Crippen molar-refractivity contribution in [1.82, 2.24) is 5.32 Å². The summed E-state index contributed by atoms with van der Waals surface area (Å²) in [4.78, 5) is 40.7. The second kappa shape index (κ2) is 18.5. The van der Waals surface area contributed by atoms with Crippen LogP contribution in [0, 0.1) is 0 Å². The standard InChI is InChI=1S/C39H51NO21/c1-13-28(46)16(40-9-17(43)31(49)32(50)18(44)12-58-38-37(55)36(54)33(51)21(10-41)61-38)6-23(59-13)60-20-8-39(56,22(45)11-42)7-15-25(20)35(53)27-26(30(15)48)29(47)14-4-3-5-19(57-2)24(14)34(27)52/h3-5,13,16-18,20-21,23,28,31-33,36-38,40-44,46,48-51,53-56H,6-12H2,1-2H3/t13-,16-,17-,18+,20-,21+,23-,28+,31+,32+,33-,36-,37+,38-,39-/m0/s1. The van der Waals surface area contributed by atoms with Crippen molar-refractivity contribution in [2.45, 2.75) is 118 Å². The molecule has 4 aliphatic rings. The number of phenolic OH excluding ortho intramolecular Hbond substituents is 2. The zero-order chi connectivity index (χ0) is 44.8. The number of ketones is 3. The Labute approximate surface area is 346 Å². The minimum atomic E-state index is -2.42. The summed E-state index contributed by atoms with van der Waals surface area (Å²) in [6, 6.07) is 3.19. The van der Waals surface area contributed by atoms with E-state index in [1.54, 1.807) is 0 Å². The lowest BCUT2D eigenvalue weighted by Crippen LogP contribution is -2.60. The summed E-state index contributed by atoms with van der Waals surface area (Å²) >= 11 is 0. The number of carbonyl (C=O) groups is 3. The molecule has 0 aromatic heterocycles. The fraction of sp³-hybridized carbons (Fsp3) is 0.615. The molecule has 6 rings (SSSR count). The first kappa shape index (κ1) is 46.7. The van der Waals surface area contributed by atoms with E-state index in [1.165, 1.54) is 32.2 Å². The molecule has 0 spiro atoms. The molecule has 0 unspecified atom stereocenters. The van der Waals surface area contributed by atoms with E-state index in [0.717, 1.165) is 0 Å². The van der Waals surface area contributed by atoms with Crippen LogP contribution in [0.5, 0.6) is 17.2 Å². The van der Waals surface area contributed by atoms with Crippen molar-refractivity contribution in [3.63, 3.8) is 0 Å². The maximum Gasteiger partial charge on any atom is 0.202 e. The summed E-state index contributed by atoms with van der Waals surface area (Å²) in [5, 5.41) is 140. The van der Waals surface area contributed by atoms with Crippen LogP contribution in [0.4, 0.5) is 0 Å². The Kier molecular flexibility index (Phi) is 14.2. The van der Waals surface area contributed by atoms with Gasteiger partial charge in [-0.1, -0.05) is 12.1 Å². The maximum atomic E-state index is 13.9. The van der Waals surface area contributed by atoms with Crippen molar-refractivity contribution in [2.75, 3.05) is 33.5 Å². The number of ether oxygens (including phenoxy) is 5. The third-order valence-corrected chi connectivity index (χ3v) is 11.8. The smallest absolute Gasteiger partial charge is 0.202 e. The molecule has 2 fully saturated rings. The summed E-state index contributed by atoms with van der Waals surface area (Å²) in [7, 11) is 1.27. The van der Waals surface area contributed by atoms with E-state index in [-0.39, 0.29) is 34.4 Å². The van der Waals surface area contributed by atoms with Gasteiger partial charge in [-0.15, -0.1) is 0 Å². The Morgan fingerprint density at radius 1 is 0.902 bits per heavy atom. The first-order chi connectivity index (χ1) is 28.8. The monoisotopic (exact) mass is 869 g/mol. The molecule has 0 bridgehead atoms. The molecule has 2 aliphatic heterocycles. The molecule has 0 radical (unpaired) electrons. The predicted octanol–water partition coefficient (Wildman–Crippen LogP) is -5.11. The number of methoxy groups -OCH3 is 1. The molecular formula is C39H51NO21. The van der Waals surface area contributed by atoms with Gasteiger partial charge in [-0.05, 0) is 13.0 Å². The molecule has 14 N–H and O–H groups in total. The number of hydrogen-bond acceptors (Lipinski definition) is 22. The average Bonchev–Trinajstić information content (AvgIpc) is 3.24. The van der Waals surface area contributed by atoms with E-state index < -0.39 is 171 Å². The largest absolute Gasteiger partial charge is 0.507 e. The number of rotatable bonds is 15. The fourth-order valence-corrected chi connectivity index (χ4v) is 8.26. The minimum Gasteiger partial charge on any atom is -0.507 e. The predicted molar refractivity (Wildman–Crippen MR) is 199 cm³/mol. The van der Waals surface area contributed by atoms with Crippen molar-refractivity contribution in [3.8, 4) is 17.2 Å². The van der Waals surface area contributed by atoms with Crippen LogP contribution >= 0.6 is 0 Å². The molecule has 0 saturated carbocycles. The number of nitrogens with one attached hydrogen (secondary N) is 1. The van der Waals surface area contributed by atoms with Crippen LogP contribution in [0.2, 0.25) is 0 Å². The topological polar surface area (TPSA) is 372 Å². The average molecular weight is 870 g/mol. The van der Waals surface area contributed by atoms with Crippen molar-refractivity contribution in [1.29, 1.82) is 0 Å². The third kappa shape index (κ3) is 8.65. The van der Waals surface area contributed by atoms with Crippen LogP contribution in [0.15, 0.2) is 18.2 Å². The van der Waals surface area contributed by atoms with Crippen molar-refractivity contribution >= 4 is 17.3 Å². The van der Waals surface area contributed by atoms with Crippen molar-refractivity contribution in [2.24, 2.45) is 0 Å². The lowest BCUT2D eigenvalue weighted by molar-refractivity contribution is -0.306. The van der Waals surface area contributed by atoms with Crippen LogP contribution in [-0.4, -0.2) is 202 Å². The molecule has 0 amide bonds. The summed E-state index contributed by atoms with van der Waals surface area (Å²) < 4.78 is 27.7. The second-order valence-electron chi connectivity index (χ2n) is 15.7. The molecular weight excluding hydrogens is 818 g/mol. The van der Waals surface area contributed by atoms with E-state index in [1.807, 2.05) is 0 Å². The lowest BCUT2D eigenvalue weighted by Gasteiger charge is -2.43. The van der Waals surface area contributed by atoms with Crippen LogP contribution in [0.25, 0.3) is 0 Å². The van der Waals surface area contributed by atoms with Crippen LogP contribution in [-0.2, 0) is 30.2 Å². The van der Waals surface area contributed by atoms with Gasteiger partial charge in [0.25, 0.3) is 0 Å². The van der Waals surface area contributed by atoms with Gasteiger partial charge < -0.3 is 95.4 Å². The van der Waals surface area contributed by atoms with Gasteiger partial charge in [-0.2, -0.15) is 0 Å². The van der Waals surface area contributed by atoms with Crippen LogP contribution in [0.1, 0.15) is 68.8 Å². The van der Waals surface area contributed by atoms with E-state index in [9.17, 15) is 80.8 Å². The van der Waals surface area contributed by atoms with Crippen LogP contribution in [0.3, 0.4) is 0 Å². The van der Waals surface area contributed by atoms with Gasteiger partial charge in [0.15, 0.2) is 24.1 Å². The number of fused-ring (bicyclic) bond motifs is 3. The Morgan fingerprint density at radius 2 is 1.57 bits per heavy atom. The van der Waals surface area contributed by atoms with Gasteiger partial charge in [0.05, 0.1) is 61.4 Å². The SMILES string of the molecule is COc1cccc2c1C(=O)c1c(O)c3c(c(O)c1C2=O)C[C@@](O)(C(=O)CO)C[C@@H]3O[C@H]1C[C@H](NC[C@H](O)[C@@H](O)[C@H](O)[C@H](O)CO[C@H]2O[C@H](CO)[C@H](O)[C@H](O)[C@H]2O)[C@H](O)[C@H](C)O1. The zero-order valence-electron chi connectivity index (χ0n) is 32.8. The fourth-order valence-electron chi connectivity index (χ4n) is 8.26. The first-order valence-electron chi connectivity index (χ1n) is 19.4. The van der Waals surface area contributed by atoms with Gasteiger partial charge in [0.1, 0.15) is 72.2 Å². The molecule has 2 saturated heterocycles. The summed E-state index contributed by atoms with van der Waals surface area (Å²) in [6.07, 6.45) is -23.0. The van der Waals surface area contributed by atoms with E-state index in [4.69, 9.17) is 23.7 Å². The van der Waals surface area contributed by atoms with Crippen LogP contribution < -0.4 is 10.1 Å². The number of phenols is 2. The van der Waals surface area contributed by atoms with Crippen molar-refractivity contribution < 1.29 is 104 Å². The van der Waals surface area contributed by atoms with Crippen molar-refractivity contribution in [3.05, 3.63) is 51.6 Å². The molecule has 2 heterocycles. The number of aromatic hydroxyl groups is 2. The minimum absolute atomic E-state index is 0.0136. The number of aliphatic hydroxyl groups is 11. The van der Waals surface area contributed by atoms with Gasteiger partial charge in [0.2, 0.25) is 5.78 Å². The molecule has 2 aromatic rings. The van der Waals surface area contributed by atoms with E-state index >= 15 is 0 Å². The lowest BCUT2D eigenvalue weighted by atomic mass is 9.72. The Hall–Kier alpha value is -3.79. The highest BCUT2D eigenvalue weighted by Gasteiger charge is 2.51. The van der Waals surface area contributed by atoms with E-state index in [0.29, 0.717) is 0 Å². The number of carbonyl (C=O) groups excluding carboxylic acids is 3. The summed E-state index contributed by atoms with van der Waals surface area (Å²) in [5.41, 5.74) is -4.49. The number of hydrogen-bond donors (Lipinski definition) is 14. The zero-order valence-corrected chi connectivity index (χ0v) is 32.8. The number of Topliss-reactive ketones (excluding diaryl/α,β-unsaturated/α-hetero) is 1. The Bertz CT molecular complexity index is 1960. The molecule has 2 aromatic carbocycles. The summed E-state index contributed by atoms with van der Waals surface area (Å²) in [6.45, 7) is -1.79. The number of aliphatic hydroxyl groups excluding tert-OH is 10. The molecule has 61 heavy (non-hydrogen) atoms. The highest BCUT2D eigenvalue weighted by atomic mass is 16.7. The van der Waals surface area contributed by atoms with Gasteiger partial charge >= 0.3 is 0 Å². The molecule has 2 aliphatic carbocycles. The third-order valence-electron chi connectivity index (χ3n) is 11.8. The van der Waals surface area contributed by atoms with Gasteiger partial charge in [0, 0.05) is 48.5 Å². The maximum absolute atomic E-state index is 13.9. The second-order valence-corrected chi connectivity index (χ2v) is 15.7. The molecule has 22 heteroatoms. The highest BCUT2D eigenvalue weighted by Crippen LogP contribution is 2.52. The normalized spacial score (nSPS) is 33.2. The Balaban J connectivity index is 1.18. The Morgan fingerprint density at radius 3 is 2.23 bits per heavy atom. The van der Waals surface area contributed by atoms with Gasteiger partial charge in [-0.25, -0.2) is 0 Å². The van der Waals surface area contributed by atoms with E-state index in [2.05, 4.69) is 5.32 Å². The highest BCUT2D eigenvalue weighted by molar-refractivity contribution is 6.31. The quantitative estimate of drug-likeness (QED) is 0.0635. The number of benzene rings is 2. The first-order valence-corrected chi connectivity index (χ1v) is 19.4. The van der Waals surface area contributed by atoms with Gasteiger partial charge in [-0.3, -0.25) is 14.4 Å². The molecule has 338 valence electrons. The molecule has 22 nitrogen and oxygen atoms in total.